The molecular weight excluding hydrogens is 460 g/mol. The standard InChI is InChI=1S/C29H44O7/c1-7-27(4)13-14-29(6)20(15-27)10-11-21-22(29)9-8-12-28(21,5)17-34-26-25(35-19(3)31)24(32)23(36-26)16-33-18(2)30/h7,11,20,22-26,32H,1,8-10,12-17H2,2-6H3/t20-,22-,23-,24-,25+,26+,27-,28+,29-/m0/s1. The van der Waals surface area contributed by atoms with Crippen molar-refractivity contribution in [2.24, 2.45) is 28.1 Å². The van der Waals surface area contributed by atoms with Crippen molar-refractivity contribution in [3.63, 3.8) is 0 Å². The maximum atomic E-state index is 11.7. The summed E-state index contributed by atoms with van der Waals surface area (Å²) in [4.78, 5) is 23.0. The van der Waals surface area contributed by atoms with Crippen molar-refractivity contribution in [3.05, 3.63) is 24.3 Å². The lowest BCUT2D eigenvalue weighted by atomic mass is 9.47. The molecule has 4 aliphatic rings. The fourth-order valence-electron chi connectivity index (χ4n) is 7.33. The van der Waals surface area contributed by atoms with Crippen LogP contribution in [0.25, 0.3) is 0 Å². The Morgan fingerprint density at radius 3 is 2.61 bits per heavy atom. The van der Waals surface area contributed by atoms with Gasteiger partial charge in [-0.25, -0.2) is 0 Å². The van der Waals surface area contributed by atoms with Gasteiger partial charge >= 0.3 is 11.9 Å². The first-order valence-corrected chi connectivity index (χ1v) is 13.5. The Balaban J connectivity index is 1.49. The van der Waals surface area contributed by atoms with Crippen molar-refractivity contribution in [2.45, 2.75) is 104 Å². The van der Waals surface area contributed by atoms with Crippen molar-refractivity contribution in [3.8, 4) is 0 Å². The number of aliphatic hydroxyl groups is 1. The Labute approximate surface area is 215 Å². The molecule has 0 unspecified atom stereocenters. The molecule has 0 radical (unpaired) electrons. The van der Waals surface area contributed by atoms with Gasteiger partial charge in [-0.2, -0.15) is 0 Å². The highest BCUT2D eigenvalue weighted by Crippen LogP contribution is 2.63. The molecule has 2 saturated carbocycles. The molecule has 0 aromatic carbocycles. The van der Waals surface area contributed by atoms with E-state index in [1.807, 2.05) is 0 Å². The van der Waals surface area contributed by atoms with Crippen LogP contribution < -0.4 is 0 Å². The summed E-state index contributed by atoms with van der Waals surface area (Å²) in [5.41, 5.74) is 1.85. The Morgan fingerprint density at radius 2 is 1.94 bits per heavy atom. The molecule has 0 spiro atoms. The van der Waals surface area contributed by atoms with Crippen LogP contribution in [0.3, 0.4) is 0 Å². The van der Waals surface area contributed by atoms with Crippen molar-refractivity contribution in [1.29, 1.82) is 0 Å². The predicted octanol–water partition coefficient (Wildman–Crippen LogP) is 4.72. The molecule has 7 nitrogen and oxygen atoms in total. The molecule has 1 aliphatic heterocycles. The second kappa shape index (κ2) is 10.2. The zero-order valence-electron chi connectivity index (χ0n) is 22.6. The van der Waals surface area contributed by atoms with E-state index >= 15 is 0 Å². The number of esters is 2. The third kappa shape index (κ3) is 5.16. The number of rotatable bonds is 7. The van der Waals surface area contributed by atoms with Crippen LogP contribution in [0, 0.1) is 28.1 Å². The summed E-state index contributed by atoms with van der Waals surface area (Å²) < 4.78 is 22.6. The average molecular weight is 505 g/mol. The van der Waals surface area contributed by atoms with E-state index in [0.717, 1.165) is 19.3 Å². The van der Waals surface area contributed by atoms with Gasteiger partial charge in [0.2, 0.25) is 0 Å². The quantitative estimate of drug-likeness (QED) is 0.396. The van der Waals surface area contributed by atoms with Crippen LogP contribution >= 0.6 is 0 Å². The molecule has 1 heterocycles. The fraction of sp³-hybridized carbons (Fsp3) is 0.793. The zero-order chi connectivity index (χ0) is 26.3. The van der Waals surface area contributed by atoms with Gasteiger partial charge in [-0.05, 0) is 61.2 Å². The third-order valence-electron chi connectivity index (χ3n) is 9.70. The number of hydrogen-bond donors (Lipinski definition) is 1. The fourth-order valence-corrected chi connectivity index (χ4v) is 7.33. The minimum absolute atomic E-state index is 0.123. The largest absolute Gasteiger partial charge is 0.463 e. The highest BCUT2D eigenvalue weighted by molar-refractivity contribution is 5.66. The molecule has 0 amide bonds. The molecule has 202 valence electrons. The number of ether oxygens (including phenoxy) is 4. The van der Waals surface area contributed by atoms with E-state index in [-0.39, 0.29) is 22.9 Å². The summed E-state index contributed by atoms with van der Waals surface area (Å²) in [6, 6.07) is 0. The van der Waals surface area contributed by atoms with E-state index in [1.165, 1.54) is 45.1 Å². The summed E-state index contributed by atoms with van der Waals surface area (Å²) >= 11 is 0. The SMILES string of the molecule is C=C[C@@]1(C)CC[C@@]2(C)[C@@H](CC=C3[C@@H]2CCC[C@]3(C)CO[C@@H]2O[C@@H](COC(C)=O)[C@H](O)[C@H]2OC(C)=O)C1. The highest BCUT2D eigenvalue weighted by atomic mass is 16.7. The second-order valence-corrected chi connectivity index (χ2v) is 12.4. The van der Waals surface area contributed by atoms with E-state index < -0.39 is 36.5 Å². The summed E-state index contributed by atoms with van der Waals surface area (Å²) in [6.45, 7) is 14.1. The average Bonchev–Trinajstić information content (AvgIpc) is 3.11. The lowest BCUT2D eigenvalue weighted by Crippen LogP contribution is -2.50. The van der Waals surface area contributed by atoms with Gasteiger partial charge in [0.15, 0.2) is 12.4 Å². The van der Waals surface area contributed by atoms with Gasteiger partial charge in [0.05, 0.1) is 6.61 Å². The smallest absolute Gasteiger partial charge is 0.303 e. The summed E-state index contributed by atoms with van der Waals surface area (Å²) in [7, 11) is 0. The van der Waals surface area contributed by atoms with E-state index in [0.29, 0.717) is 18.4 Å². The highest BCUT2D eigenvalue weighted by Gasteiger charge is 2.55. The molecule has 1 saturated heterocycles. The maximum absolute atomic E-state index is 11.7. The Morgan fingerprint density at radius 1 is 1.19 bits per heavy atom. The number of aliphatic hydroxyl groups excluding tert-OH is 1. The molecule has 36 heavy (non-hydrogen) atoms. The lowest BCUT2D eigenvalue weighted by Gasteiger charge is -2.58. The van der Waals surface area contributed by atoms with Crippen LogP contribution in [0.4, 0.5) is 0 Å². The van der Waals surface area contributed by atoms with Gasteiger partial charge < -0.3 is 24.1 Å². The van der Waals surface area contributed by atoms with Gasteiger partial charge in [-0.1, -0.05) is 44.9 Å². The summed E-state index contributed by atoms with van der Waals surface area (Å²) in [5.74, 6) is 0.206. The van der Waals surface area contributed by atoms with Gasteiger partial charge in [0.25, 0.3) is 0 Å². The predicted molar refractivity (Wildman–Crippen MR) is 135 cm³/mol. The molecule has 3 aliphatic carbocycles. The van der Waals surface area contributed by atoms with Crippen LogP contribution in [0.1, 0.15) is 79.6 Å². The topological polar surface area (TPSA) is 91.3 Å². The normalized spacial score (nSPS) is 44.1. The molecule has 0 bridgehead atoms. The number of fused-ring (bicyclic) bond motifs is 3. The van der Waals surface area contributed by atoms with Crippen molar-refractivity contribution < 1.29 is 33.6 Å². The van der Waals surface area contributed by atoms with Crippen LogP contribution in [0.15, 0.2) is 24.3 Å². The van der Waals surface area contributed by atoms with E-state index in [4.69, 9.17) is 18.9 Å². The van der Waals surface area contributed by atoms with Crippen molar-refractivity contribution >= 4 is 11.9 Å². The van der Waals surface area contributed by atoms with Crippen LogP contribution in [-0.4, -0.2) is 54.9 Å². The van der Waals surface area contributed by atoms with Crippen molar-refractivity contribution in [1.82, 2.24) is 0 Å². The molecular formula is C29H44O7. The molecule has 7 heteroatoms. The number of hydrogen-bond acceptors (Lipinski definition) is 7. The molecule has 0 aromatic heterocycles. The third-order valence-corrected chi connectivity index (χ3v) is 9.70. The van der Waals surface area contributed by atoms with Crippen molar-refractivity contribution in [2.75, 3.05) is 13.2 Å². The number of carbonyl (C=O) groups is 2. The molecule has 3 fully saturated rings. The Bertz CT molecular complexity index is 898. The second-order valence-electron chi connectivity index (χ2n) is 12.4. The maximum Gasteiger partial charge on any atom is 0.303 e. The Hall–Kier alpha value is -1.70. The lowest BCUT2D eigenvalue weighted by molar-refractivity contribution is -0.198. The molecule has 9 atom stereocenters. The first-order chi connectivity index (χ1) is 16.9. The summed E-state index contributed by atoms with van der Waals surface area (Å²) in [6.07, 6.45) is 8.84. The van der Waals surface area contributed by atoms with Crippen LogP contribution in [0.2, 0.25) is 0 Å². The molecule has 1 N–H and O–H groups in total. The van der Waals surface area contributed by atoms with Crippen LogP contribution in [0.5, 0.6) is 0 Å². The van der Waals surface area contributed by atoms with Gasteiger partial charge in [0, 0.05) is 19.3 Å². The van der Waals surface area contributed by atoms with Crippen LogP contribution in [-0.2, 0) is 28.5 Å². The first-order valence-electron chi connectivity index (χ1n) is 13.5. The van der Waals surface area contributed by atoms with E-state index in [1.54, 1.807) is 0 Å². The van der Waals surface area contributed by atoms with Gasteiger partial charge in [-0.3, -0.25) is 9.59 Å². The molecule has 0 aromatic rings. The minimum Gasteiger partial charge on any atom is -0.463 e. The summed E-state index contributed by atoms with van der Waals surface area (Å²) in [5, 5.41) is 10.7. The zero-order valence-corrected chi connectivity index (χ0v) is 22.6. The first kappa shape index (κ1) is 27.3. The molecule has 4 rings (SSSR count). The number of allylic oxidation sites excluding steroid dienone is 2. The minimum atomic E-state index is -1.14. The van der Waals surface area contributed by atoms with Gasteiger partial charge in [-0.15, -0.1) is 6.58 Å². The number of carbonyl (C=O) groups excluding carboxylic acids is 2. The van der Waals surface area contributed by atoms with E-state index in [2.05, 4.69) is 39.5 Å². The Kier molecular flexibility index (Phi) is 7.76. The monoisotopic (exact) mass is 504 g/mol. The van der Waals surface area contributed by atoms with Gasteiger partial charge in [0.1, 0.15) is 18.8 Å². The van der Waals surface area contributed by atoms with E-state index in [9.17, 15) is 14.7 Å².